The third-order valence-electron chi connectivity index (χ3n) is 7.73. The molecule has 194 valence electrons. The molecular formula is C30H35N3O4. The second-order valence-corrected chi connectivity index (χ2v) is 10.2. The predicted molar refractivity (Wildman–Crippen MR) is 143 cm³/mol. The van der Waals surface area contributed by atoms with Gasteiger partial charge in [-0.05, 0) is 56.0 Å². The van der Waals surface area contributed by atoms with E-state index < -0.39 is 0 Å². The Bertz CT molecular complexity index is 1310. The van der Waals surface area contributed by atoms with Crippen LogP contribution in [0.1, 0.15) is 45.5 Å². The van der Waals surface area contributed by atoms with Gasteiger partial charge in [0.25, 0.3) is 0 Å². The molecule has 0 bridgehead atoms. The summed E-state index contributed by atoms with van der Waals surface area (Å²) in [5.41, 5.74) is 12.7. The van der Waals surface area contributed by atoms with E-state index in [2.05, 4.69) is 42.0 Å². The molecule has 0 spiro atoms. The summed E-state index contributed by atoms with van der Waals surface area (Å²) in [5.74, 6) is 1.62. The third-order valence-corrected chi connectivity index (χ3v) is 7.73. The molecule has 3 aromatic rings. The Morgan fingerprint density at radius 3 is 2.27 bits per heavy atom. The first kappa shape index (κ1) is 25.1. The van der Waals surface area contributed by atoms with Gasteiger partial charge in [0.2, 0.25) is 5.91 Å². The number of aryl methyl sites for hydroxylation is 3. The van der Waals surface area contributed by atoms with Crippen LogP contribution < -0.4 is 20.3 Å². The molecule has 5 rings (SSSR count). The minimum atomic E-state index is -0.387. The summed E-state index contributed by atoms with van der Waals surface area (Å²) in [4.78, 5) is 15.8. The van der Waals surface area contributed by atoms with Crippen molar-refractivity contribution in [2.75, 3.05) is 20.8 Å². The average Bonchev–Trinajstić information content (AvgIpc) is 3.44. The summed E-state index contributed by atoms with van der Waals surface area (Å²) in [7, 11) is 3.25. The standard InChI is InChI=1S/C30H35N3O4/c1-17-6-9-21(10-7-17)28-25-26(22-15-18(2)14-19(3)29(22)34)31-32-27(25)30(35)33(28)13-12-20-8-11-23(36-4)24(16-20)37-5/h6-11,14-16,25-28,31-32,34H,12-13H2,1-5H3. The van der Waals surface area contributed by atoms with Crippen LogP contribution in [-0.4, -0.2) is 42.7 Å². The van der Waals surface area contributed by atoms with Crippen LogP contribution >= 0.6 is 0 Å². The molecule has 0 saturated carbocycles. The second kappa shape index (κ2) is 10.1. The highest BCUT2D eigenvalue weighted by molar-refractivity contribution is 5.86. The van der Waals surface area contributed by atoms with Gasteiger partial charge < -0.3 is 19.5 Å². The Kier molecular flexibility index (Phi) is 6.84. The van der Waals surface area contributed by atoms with Crippen molar-refractivity contribution in [1.82, 2.24) is 15.8 Å². The fourth-order valence-corrected chi connectivity index (χ4v) is 5.89. The lowest BCUT2D eigenvalue weighted by Crippen LogP contribution is -2.42. The number of carbonyl (C=O) groups is 1. The number of phenols is 1. The quantitative estimate of drug-likeness (QED) is 0.448. The molecule has 7 heteroatoms. The van der Waals surface area contributed by atoms with Crippen molar-refractivity contribution in [3.8, 4) is 17.2 Å². The number of nitrogens with zero attached hydrogens (tertiary/aromatic N) is 1. The molecule has 4 atom stereocenters. The van der Waals surface area contributed by atoms with Crippen molar-refractivity contribution in [3.63, 3.8) is 0 Å². The number of hydrogen-bond acceptors (Lipinski definition) is 6. The largest absolute Gasteiger partial charge is 0.507 e. The maximum atomic E-state index is 13.8. The summed E-state index contributed by atoms with van der Waals surface area (Å²) in [6.45, 7) is 6.57. The van der Waals surface area contributed by atoms with Crippen LogP contribution in [0.25, 0.3) is 0 Å². The zero-order valence-electron chi connectivity index (χ0n) is 22.0. The summed E-state index contributed by atoms with van der Waals surface area (Å²) in [5, 5.41) is 11.0. The zero-order valence-corrected chi connectivity index (χ0v) is 22.0. The van der Waals surface area contributed by atoms with E-state index in [1.807, 2.05) is 49.1 Å². The average molecular weight is 502 g/mol. The van der Waals surface area contributed by atoms with Crippen LogP contribution in [0.5, 0.6) is 17.2 Å². The number of amides is 1. The summed E-state index contributed by atoms with van der Waals surface area (Å²) in [6.07, 6.45) is 0.681. The van der Waals surface area contributed by atoms with E-state index >= 15 is 0 Å². The van der Waals surface area contributed by atoms with Gasteiger partial charge >= 0.3 is 0 Å². The van der Waals surface area contributed by atoms with Gasteiger partial charge in [-0.15, -0.1) is 0 Å². The maximum Gasteiger partial charge on any atom is 0.242 e. The highest BCUT2D eigenvalue weighted by Crippen LogP contribution is 2.49. The molecule has 3 N–H and O–H groups in total. The lowest BCUT2D eigenvalue weighted by atomic mass is 9.82. The number of rotatable bonds is 7. The van der Waals surface area contributed by atoms with E-state index in [0.29, 0.717) is 24.5 Å². The smallest absolute Gasteiger partial charge is 0.242 e. The molecule has 2 saturated heterocycles. The van der Waals surface area contributed by atoms with Crippen molar-refractivity contribution < 1.29 is 19.4 Å². The van der Waals surface area contributed by atoms with Crippen LogP contribution in [0.2, 0.25) is 0 Å². The Morgan fingerprint density at radius 2 is 1.57 bits per heavy atom. The molecule has 2 heterocycles. The molecule has 2 fully saturated rings. The third kappa shape index (κ3) is 4.54. The Balaban J connectivity index is 1.50. The molecule has 0 aromatic heterocycles. The van der Waals surface area contributed by atoms with Crippen LogP contribution in [0.15, 0.2) is 54.6 Å². The highest BCUT2D eigenvalue weighted by atomic mass is 16.5. The molecule has 0 aliphatic carbocycles. The molecule has 0 radical (unpaired) electrons. The van der Waals surface area contributed by atoms with E-state index in [-0.39, 0.29) is 35.7 Å². The number of likely N-dealkylation sites (tertiary alicyclic amines) is 1. The van der Waals surface area contributed by atoms with Crippen molar-refractivity contribution in [2.24, 2.45) is 5.92 Å². The normalized spacial score (nSPS) is 22.8. The Labute approximate surface area is 218 Å². The molecule has 2 aliphatic rings. The van der Waals surface area contributed by atoms with Gasteiger partial charge in [0.1, 0.15) is 11.8 Å². The topological polar surface area (TPSA) is 83.1 Å². The summed E-state index contributed by atoms with van der Waals surface area (Å²) in [6, 6.07) is 17.6. The monoisotopic (exact) mass is 501 g/mol. The lowest BCUT2D eigenvalue weighted by Gasteiger charge is -2.32. The van der Waals surface area contributed by atoms with E-state index in [1.165, 1.54) is 5.56 Å². The number of carbonyl (C=O) groups excluding carboxylic acids is 1. The van der Waals surface area contributed by atoms with Gasteiger partial charge in [-0.2, -0.15) is 0 Å². The maximum absolute atomic E-state index is 13.8. The molecular weight excluding hydrogens is 466 g/mol. The van der Waals surface area contributed by atoms with Crippen LogP contribution in [-0.2, 0) is 11.2 Å². The van der Waals surface area contributed by atoms with Gasteiger partial charge in [0.05, 0.1) is 26.3 Å². The molecule has 3 aromatic carbocycles. The van der Waals surface area contributed by atoms with E-state index in [1.54, 1.807) is 14.2 Å². The SMILES string of the molecule is COc1ccc(CCN2C(=O)C3NNC(c4cc(C)cc(C)c4O)C3C2c2ccc(C)cc2)cc1OC. The number of hydrogen-bond donors (Lipinski definition) is 3. The van der Waals surface area contributed by atoms with Gasteiger partial charge in [-0.1, -0.05) is 53.6 Å². The molecule has 4 unspecified atom stereocenters. The van der Waals surface area contributed by atoms with Crippen LogP contribution in [0, 0.1) is 26.7 Å². The number of phenolic OH excluding ortho intramolecular Hbond substituents is 1. The number of hydrazine groups is 1. The van der Waals surface area contributed by atoms with E-state index in [4.69, 9.17) is 9.47 Å². The molecule has 37 heavy (non-hydrogen) atoms. The summed E-state index contributed by atoms with van der Waals surface area (Å²) >= 11 is 0. The first-order valence-corrected chi connectivity index (χ1v) is 12.7. The zero-order chi connectivity index (χ0) is 26.3. The lowest BCUT2D eigenvalue weighted by molar-refractivity contribution is -0.130. The number of benzene rings is 3. The molecule has 1 amide bonds. The van der Waals surface area contributed by atoms with E-state index in [9.17, 15) is 9.90 Å². The van der Waals surface area contributed by atoms with Gasteiger partial charge in [0.15, 0.2) is 11.5 Å². The van der Waals surface area contributed by atoms with Crippen molar-refractivity contribution in [2.45, 2.75) is 45.3 Å². The van der Waals surface area contributed by atoms with Gasteiger partial charge in [-0.3, -0.25) is 4.79 Å². The Morgan fingerprint density at radius 1 is 0.865 bits per heavy atom. The first-order chi connectivity index (χ1) is 17.8. The summed E-state index contributed by atoms with van der Waals surface area (Å²) < 4.78 is 10.9. The van der Waals surface area contributed by atoms with Crippen LogP contribution in [0.3, 0.4) is 0 Å². The number of nitrogens with one attached hydrogen (secondary N) is 2. The van der Waals surface area contributed by atoms with Gasteiger partial charge in [0, 0.05) is 18.0 Å². The van der Waals surface area contributed by atoms with Crippen molar-refractivity contribution in [1.29, 1.82) is 0 Å². The van der Waals surface area contributed by atoms with Gasteiger partial charge in [-0.25, -0.2) is 10.9 Å². The number of aromatic hydroxyl groups is 1. The predicted octanol–water partition coefficient (Wildman–Crippen LogP) is 4.29. The van der Waals surface area contributed by atoms with Crippen molar-refractivity contribution >= 4 is 5.91 Å². The molecule has 2 aliphatic heterocycles. The highest BCUT2D eigenvalue weighted by Gasteiger charge is 2.55. The number of ether oxygens (including phenoxy) is 2. The Hall–Kier alpha value is -3.55. The van der Waals surface area contributed by atoms with E-state index in [0.717, 1.165) is 27.8 Å². The number of methoxy groups -OCH3 is 2. The molecule has 7 nitrogen and oxygen atoms in total. The fourth-order valence-electron chi connectivity index (χ4n) is 5.89. The minimum Gasteiger partial charge on any atom is -0.507 e. The van der Waals surface area contributed by atoms with Crippen molar-refractivity contribution in [3.05, 3.63) is 88.0 Å². The minimum absolute atomic E-state index is 0.0647. The first-order valence-electron chi connectivity index (χ1n) is 12.7. The second-order valence-electron chi connectivity index (χ2n) is 10.2. The van der Waals surface area contributed by atoms with Crippen LogP contribution in [0.4, 0.5) is 0 Å². The number of fused-ring (bicyclic) bond motifs is 1. The fraction of sp³-hybridized carbons (Fsp3) is 0.367.